The Kier molecular flexibility index (Phi) is 5.60. The van der Waals surface area contributed by atoms with Gasteiger partial charge >= 0.3 is 0 Å². The van der Waals surface area contributed by atoms with Crippen LogP contribution in [-0.4, -0.2) is 8.97 Å². The SMILES string of the molecule is CC1(C)c2ccccc2-c2ccc3c4cc5c6ccccc6n(-c6cc(-c7ccccc7)cc(-c7ccccc7)c6)c5c5c6ccccc6n(c3c21)c45. The predicted octanol–water partition coefficient (Wildman–Crippen LogP) is 13.6. The summed E-state index contributed by atoms with van der Waals surface area (Å²) in [4.78, 5) is 0. The number of aromatic nitrogens is 2. The minimum absolute atomic E-state index is 0.135. The summed E-state index contributed by atoms with van der Waals surface area (Å²) in [6.07, 6.45) is 0. The lowest BCUT2D eigenvalue weighted by Gasteiger charge is -2.22. The highest BCUT2D eigenvalue weighted by molar-refractivity contribution is 6.34. The van der Waals surface area contributed by atoms with Crippen LogP contribution in [-0.2, 0) is 5.41 Å². The normalized spacial score (nSPS) is 13.6. The van der Waals surface area contributed by atoms with Crippen LogP contribution >= 0.6 is 0 Å². The van der Waals surface area contributed by atoms with Gasteiger partial charge in [0.1, 0.15) is 0 Å². The molecular weight excluding hydrogens is 641 g/mol. The van der Waals surface area contributed by atoms with Crippen molar-refractivity contribution in [3.8, 4) is 39.1 Å². The van der Waals surface area contributed by atoms with Crippen molar-refractivity contribution in [3.05, 3.63) is 181 Å². The van der Waals surface area contributed by atoms with Gasteiger partial charge in [-0.15, -0.1) is 0 Å². The zero-order chi connectivity index (χ0) is 35.0. The van der Waals surface area contributed by atoms with Crippen molar-refractivity contribution >= 4 is 59.9 Å². The minimum atomic E-state index is -0.135. The number of fused-ring (bicyclic) bond motifs is 14. The third-order valence-electron chi connectivity index (χ3n) is 12.2. The molecule has 12 rings (SSSR count). The van der Waals surface area contributed by atoms with E-state index in [9.17, 15) is 0 Å². The van der Waals surface area contributed by atoms with Crippen molar-refractivity contribution in [2.75, 3.05) is 0 Å². The number of para-hydroxylation sites is 2. The fraction of sp³-hybridized carbons (Fsp3) is 0.0588. The highest BCUT2D eigenvalue weighted by Gasteiger charge is 2.39. The molecule has 0 spiro atoms. The van der Waals surface area contributed by atoms with Crippen LogP contribution in [0.2, 0.25) is 0 Å². The van der Waals surface area contributed by atoms with Crippen LogP contribution in [0.1, 0.15) is 25.0 Å². The van der Waals surface area contributed by atoms with E-state index < -0.39 is 0 Å². The molecule has 0 saturated heterocycles. The second-order valence-corrected chi connectivity index (χ2v) is 15.3. The molecular formula is C51H34N2. The van der Waals surface area contributed by atoms with E-state index in [1.807, 2.05) is 0 Å². The second-order valence-electron chi connectivity index (χ2n) is 15.3. The lowest BCUT2D eigenvalue weighted by molar-refractivity contribution is 0.664. The Morgan fingerprint density at radius 2 is 1.00 bits per heavy atom. The molecule has 0 atom stereocenters. The zero-order valence-electron chi connectivity index (χ0n) is 29.6. The van der Waals surface area contributed by atoms with Crippen molar-refractivity contribution < 1.29 is 0 Å². The molecule has 0 fully saturated rings. The summed E-state index contributed by atoms with van der Waals surface area (Å²) in [7, 11) is 0. The van der Waals surface area contributed by atoms with Gasteiger partial charge in [-0.2, -0.15) is 0 Å². The van der Waals surface area contributed by atoms with Gasteiger partial charge in [0.2, 0.25) is 0 Å². The highest BCUT2D eigenvalue weighted by atomic mass is 15.0. The van der Waals surface area contributed by atoms with E-state index in [1.54, 1.807) is 0 Å². The average Bonchev–Trinajstić information content (AvgIpc) is 3.91. The topological polar surface area (TPSA) is 9.34 Å². The van der Waals surface area contributed by atoms with Crippen molar-refractivity contribution in [3.63, 3.8) is 0 Å². The fourth-order valence-electron chi connectivity index (χ4n) is 9.94. The van der Waals surface area contributed by atoms with Gasteiger partial charge in [-0.3, -0.25) is 0 Å². The smallest absolute Gasteiger partial charge is 0.0642 e. The third-order valence-corrected chi connectivity index (χ3v) is 12.2. The van der Waals surface area contributed by atoms with Crippen LogP contribution in [0.25, 0.3) is 99.0 Å². The molecule has 0 N–H and O–H groups in total. The van der Waals surface area contributed by atoms with Crippen molar-refractivity contribution in [2.45, 2.75) is 19.3 Å². The average molecular weight is 675 g/mol. The van der Waals surface area contributed by atoms with E-state index >= 15 is 0 Å². The molecule has 0 aliphatic heterocycles. The molecule has 11 aromatic rings. The Morgan fingerprint density at radius 1 is 0.396 bits per heavy atom. The van der Waals surface area contributed by atoms with Crippen LogP contribution in [0.15, 0.2) is 170 Å². The van der Waals surface area contributed by atoms with Crippen LogP contribution < -0.4 is 0 Å². The fourth-order valence-corrected chi connectivity index (χ4v) is 9.94. The molecule has 3 heterocycles. The van der Waals surface area contributed by atoms with Crippen LogP contribution in [0.3, 0.4) is 0 Å². The quantitative estimate of drug-likeness (QED) is 0.176. The van der Waals surface area contributed by atoms with E-state index in [0.717, 1.165) is 5.69 Å². The number of hydrogen-bond donors (Lipinski definition) is 0. The number of rotatable bonds is 3. The molecule has 53 heavy (non-hydrogen) atoms. The molecule has 1 aliphatic carbocycles. The Hall–Kier alpha value is -6.64. The summed E-state index contributed by atoms with van der Waals surface area (Å²) < 4.78 is 5.16. The maximum atomic E-state index is 2.61. The first-order valence-corrected chi connectivity index (χ1v) is 18.6. The van der Waals surface area contributed by atoms with Crippen molar-refractivity contribution in [1.29, 1.82) is 0 Å². The lowest BCUT2D eigenvalue weighted by Crippen LogP contribution is -2.15. The first-order chi connectivity index (χ1) is 26.1. The predicted molar refractivity (Wildman–Crippen MR) is 224 cm³/mol. The monoisotopic (exact) mass is 674 g/mol. The Bertz CT molecular complexity index is 3230. The number of nitrogens with zero attached hydrogens (tertiary/aromatic N) is 2. The van der Waals surface area contributed by atoms with Crippen molar-refractivity contribution in [1.82, 2.24) is 8.97 Å². The molecule has 0 amide bonds. The van der Waals surface area contributed by atoms with E-state index in [2.05, 4.69) is 193 Å². The van der Waals surface area contributed by atoms with Gasteiger partial charge in [-0.05, 0) is 80.9 Å². The first kappa shape index (κ1) is 29.0. The van der Waals surface area contributed by atoms with E-state index in [-0.39, 0.29) is 5.41 Å². The molecule has 1 aliphatic rings. The summed E-state index contributed by atoms with van der Waals surface area (Å²) in [5.41, 5.74) is 17.8. The molecule has 0 saturated carbocycles. The summed E-state index contributed by atoms with van der Waals surface area (Å²) in [5.74, 6) is 0. The summed E-state index contributed by atoms with van der Waals surface area (Å²) in [6.45, 7) is 4.82. The van der Waals surface area contributed by atoms with Crippen LogP contribution in [0, 0.1) is 0 Å². The maximum absolute atomic E-state index is 2.61. The first-order valence-electron chi connectivity index (χ1n) is 18.6. The number of benzene rings is 8. The van der Waals surface area contributed by atoms with Gasteiger partial charge in [-0.1, -0.05) is 147 Å². The summed E-state index contributed by atoms with van der Waals surface area (Å²) >= 11 is 0. The second kappa shape index (κ2) is 10.2. The Balaban J connectivity index is 1.28. The standard InChI is InChI=1S/C51H34N2/c1-51(2)43-22-12-9-19-36(43)38-25-26-39-42-30-41-37-20-10-13-23-44(37)52(48(41)46-40-21-11-14-24-45(40)53(49(42)46)50(39)47(38)51)35-28-33(31-15-5-3-6-16-31)27-34(29-35)32-17-7-4-8-18-32/h3-30H,1-2H3. The molecule has 0 radical (unpaired) electrons. The molecule has 0 unspecified atom stereocenters. The van der Waals surface area contributed by atoms with Gasteiger partial charge in [0, 0.05) is 43.4 Å². The maximum Gasteiger partial charge on any atom is 0.0642 e. The van der Waals surface area contributed by atoms with Crippen molar-refractivity contribution in [2.24, 2.45) is 0 Å². The van der Waals surface area contributed by atoms with E-state index in [4.69, 9.17) is 0 Å². The van der Waals surface area contributed by atoms with Crippen LogP contribution in [0.4, 0.5) is 0 Å². The Labute approximate surface area is 307 Å². The summed E-state index contributed by atoms with van der Waals surface area (Å²) in [5, 5.41) is 7.80. The van der Waals surface area contributed by atoms with Gasteiger partial charge in [-0.25, -0.2) is 0 Å². The van der Waals surface area contributed by atoms with Gasteiger partial charge in [0.15, 0.2) is 0 Å². The molecule has 3 aromatic heterocycles. The molecule has 0 bridgehead atoms. The third kappa shape index (κ3) is 3.72. The van der Waals surface area contributed by atoms with E-state index in [0.29, 0.717) is 0 Å². The molecule has 248 valence electrons. The molecule has 8 aromatic carbocycles. The van der Waals surface area contributed by atoms with Gasteiger partial charge in [0.05, 0.1) is 27.6 Å². The largest absolute Gasteiger partial charge is 0.308 e. The van der Waals surface area contributed by atoms with Gasteiger partial charge in [0.25, 0.3) is 0 Å². The lowest BCUT2D eigenvalue weighted by atomic mass is 9.81. The minimum Gasteiger partial charge on any atom is -0.308 e. The molecule has 2 heteroatoms. The van der Waals surface area contributed by atoms with Gasteiger partial charge < -0.3 is 8.97 Å². The highest BCUT2D eigenvalue weighted by Crippen LogP contribution is 2.54. The molecule has 2 nitrogen and oxygen atoms in total. The number of hydrogen-bond acceptors (Lipinski definition) is 0. The summed E-state index contributed by atoms with van der Waals surface area (Å²) in [6, 6.07) is 63.0. The Morgan fingerprint density at radius 3 is 1.74 bits per heavy atom. The van der Waals surface area contributed by atoms with Crippen LogP contribution in [0.5, 0.6) is 0 Å². The van der Waals surface area contributed by atoms with E-state index in [1.165, 1.54) is 104 Å². The zero-order valence-corrected chi connectivity index (χ0v) is 29.6.